The molecule has 23 heavy (non-hydrogen) atoms. The van der Waals surface area contributed by atoms with Crippen molar-refractivity contribution in [3.8, 4) is 0 Å². The number of carbonyl (C=O) groups is 2. The van der Waals surface area contributed by atoms with Gasteiger partial charge in [0.15, 0.2) is 0 Å². The first-order valence-corrected chi connectivity index (χ1v) is 8.36. The summed E-state index contributed by atoms with van der Waals surface area (Å²) in [7, 11) is 1.00. The third kappa shape index (κ3) is 6.53. The van der Waals surface area contributed by atoms with Crippen LogP contribution in [0.3, 0.4) is 0 Å². The van der Waals surface area contributed by atoms with Crippen molar-refractivity contribution in [2.75, 3.05) is 13.7 Å². The largest absolute Gasteiger partial charge is 0.400 e. The molecule has 1 aromatic rings. The Balaban J connectivity index is 0.00000112. The molecule has 0 aromatic heterocycles. The Kier molecular flexibility index (Phi) is 9.51. The number of hydrogen-bond donors (Lipinski definition) is 1. The van der Waals surface area contributed by atoms with Gasteiger partial charge in [0, 0.05) is 42.5 Å². The fraction of sp³-hybridized carbons (Fsp3) is 0.556. The van der Waals surface area contributed by atoms with Gasteiger partial charge < -0.3 is 9.90 Å². The van der Waals surface area contributed by atoms with Crippen molar-refractivity contribution < 1.29 is 14.7 Å². The summed E-state index contributed by atoms with van der Waals surface area (Å²) in [6.45, 7) is 11.6. The zero-order valence-electron chi connectivity index (χ0n) is 14.7. The average molecular weight is 386 g/mol. The van der Waals surface area contributed by atoms with Crippen molar-refractivity contribution in [3.63, 3.8) is 0 Å². The van der Waals surface area contributed by atoms with Crippen LogP contribution in [0.5, 0.6) is 0 Å². The van der Waals surface area contributed by atoms with Crippen LogP contribution in [0.15, 0.2) is 22.7 Å². The molecular formula is C18H28BrNO3. The lowest BCUT2D eigenvalue weighted by Gasteiger charge is -2.44. The van der Waals surface area contributed by atoms with E-state index in [9.17, 15) is 4.79 Å². The molecule has 0 radical (unpaired) electrons. The van der Waals surface area contributed by atoms with Gasteiger partial charge in [0.25, 0.3) is 0 Å². The predicted octanol–water partition coefficient (Wildman–Crippen LogP) is 3.69. The summed E-state index contributed by atoms with van der Waals surface area (Å²) in [6, 6.07) is 6.66. The Morgan fingerprint density at radius 2 is 1.78 bits per heavy atom. The zero-order valence-corrected chi connectivity index (χ0v) is 16.3. The van der Waals surface area contributed by atoms with Gasteiger partial charge in [-0.05, 0) is 51.0 Å². The standard InChI is InChI=1S/C16H22BrNO.CH4O.CH2O/c1-11-7-12(9-13(17)8-11)15-10-14(19)5-6-18(15)16(2,3)4;2*1-2/h7-9,15H,5-6,10H2,1-4H3;2H,1H3;1H2. The molecule has 1 saturated heterocycles. The fourth-order valence-electron chi connectivity index (χ4n) is 2.89. The number of aliphatic hydroxyl groups excluding tert-OH is 1. The van der Waals surface area contributed by atoms with Crippen LogP contribution in [-0.2, 0) is 9.59 Å². The molecule has 1 N–H and O–H groups in total. The maximum absolute atomic E-state index is 11.9. The molecule has 4 nitrogen and oxygen atoms in total. The Morgan fingerprint density at radius 3 is 2.26 bits per heavy atom. The molecule has 0 bridgehead atoms. The fourth-order valence-corrected chi connectivity index (χ4v) is 3.51. The van der Waals surface area contributed by atoms with E-state index in [0.29, 0.717) is 18.6 Å². The number of piperidine rings is 1. The first kappa shape index (κ1) is 22.0. The van der Waals surface area contributed by atoms with E-state index in [1.54, 1.807) is 0 Å². The van der Waals surface area contributed by atoms with Crippen LogP contribution in [0.4, 0.5) is 0 Å². The Morgan fingerprint density at radius 1 is 1.22 bits per heavy atom. The Bertz CT molecular complexity index is 491. The molecular weight excluding hydrogens is 358 g/mol. The topological polar surface area (TPSA) is 57.6 Å². The number of benzene rings is 1. The number of ketones is 1. The van der Waals surface area contributed by atoms with E-state index < -0.39 is 0 Å². The third-order valence-electron chi connectivity index (χ3n) is 3.74. The van der Waals surface area contributed by atoms with Crippen LogP contribution in [0.1, 0.15) is 50.8 Å². The number of aryl methyl sites for hydroxylation is 1. The smallest absolute Gasteiger partial charge is 0.136 e. The summed E-state index contributed by atoms with van der Waals surface area (Å²) in [6.07, 6.45) is 1.31. The first-order chi connectivity index (χ1) is 10.8. The highest BCUT2D eigenvalue weighted by atomic mass is 79.9. The summed E-state index contributed by atoms with van der Waals surface area (Å²) in [5.74, 6) is 0.378. The van der Waals surface area contributed by atoms with Crippen molar-refractivity contribution in [3.05, 3.63) is 33.8 Å². The highest BCUT2D eigenvalue weighted by Gasteiger charge is 2.35. The maximum Gasteiger partial charge on any atom is 0.136 e. The lowest BCUT2D eigenvalue weighted by molar-refractivity contribution is -0.125. The molecule has 0 saturated carbocycles. The Hall–Kier alpha value is -1.04. The minimum atomic E-state index is 0.0849. The molecule has 1 aliphatic heterocycles. The molecule has 1 heterocycles. The molecule has 0 amide bonds. The van der Waals surface area contributed by atoms with E-state index in [0.717, 1.165) is 18.1 Å². The molecule has 2 rings (SSSR count). The summed E-state index contributed by atoms with van der Waals surface area (Å²) >= 11 is 3.56. The van der Waals surface area contributed by atoms with Crippen molar-refractivity contribution in [2.24, 2.45) is 0 Å². The summed E-state index contributed by atoms with van der Waals surface area (Å²) in [4.78, 5) is 22.3. The summed E-state index contributed by atoms with van der Waals surface area (Å²) < 4.78 is 1.09. The normalized spacial score (nSPS) is 18.4. The SMILES string of the molecule is C=O.CO.Cc1cc(Br)cc(C2CC(=O)CCN2C(C)(C)C)c1. The van der Waals surface area contributed by atoms with Gasteiger partial charge in [0.2, 0.25) is 0 Å². The van der Waals surface area contributed by atoms with E-state index >= 15 is 0 Å². The van der Waals surface area contributed by atoms with Crippen LogP contribution >= 0.6 is 15.9 Å². The quantitative estimate of drug-likeness (QED) is 0.800. The molecule has 1 atom stereocenters. The van der Waals surface area contributed by atoms with E-state index in [1.807, 2.05) is 6.79 Å². The first-order valence-electron chi connectivity index (χ1n) is 7.56. The number of nitrogens with zero attached hydrogens (tertiary/aromatic N) is 1. The number of rotatable bonds is 1. The highest BCUT2D eigenvalue weighted by molar-refractivity contribution is 9.10. The Labute approximate surface area is 148 Å². The van der Waals surface area contributed by atoms with E-state index in [4.69, 9.17) is 9.90 Å². The predicted molar refractivity (Wildman–Crippen MR) is 97.6 cm³/mol. The van der Waals surface area contributed by atoms with Gasteiger partial charge in [-0.1, -0.05) is 22.0 Å². The molecule has 1 fully saturated rings. The highest BCUT2D eigenvalue weighted by Crippen LogP contribution is 2.36. The molecule has 130 valence electrons. The molecule has 5 heteroatoms. The van der Waals surface area contributed by atoms with Crippen LogP contribution in [0.2, 0.25) is 0 Å². The molecule has 0 aliphatic carbocycles. The van der Waals surface area contributed by atoms with Gasteiger partial charge in [-0.2, -0.15) is 0 Å². The molecule has 1 unspecified atom stereocenters. The molecule has 1 aliphatic rings. The van der Waals surface area contributed by atoms with E-state index in [1.165, 1.54) is 11.1 Å². The second kappa shape index (κ2) is 9.96. The van der Waals surface area contributed by atoms with Crippen molar-refractivity contribution >= 4 is 28.5 Å². The van der Waals surface area contributed by atoms with Crippen LogP contribution in [-0.4, -0.2) is 41.8 Å². The second-order valence-electron chi connectivity index (χ2n) is 6.43. The summed E-state index contributed by atoms with van der Waals surface area (Å²) in [5, 5.41) is 7.00. The number of likely N-dealkylation sites (tertiary alicyclic amines) is 1. The summed E-state index contributed by atoms with van der Waals surface area (Å²) in [5.41, 5.74) is 2.56. The lowest BCUT2D eigenvalue weighted by Crippen LogP contribution is -2.48. The van der Waals surface area contributed by atoms with Gasteiger partial charge in [0.05, 0.1) is 0 Å². The lowest BCUT2D eigenvalue weighted by atomic mass is 9.89. The number of carbonyl (C=O) groups excluding carboxylic acids is 2. The van der Waals surface area contributed by atoms with Crippen molar-refractivity contribution in [1.29, 1.82) is 0 Å². The maximum atomic E-state index is 11.9. The van der Waals surface area contributed by atoms with Crippen LogP contribution in [0, 0.1) is 6.92 Å². The van der Waals surface area contributed by atoms with Gasteiger partial charge in [-0.3, -0.25) is 9.69 Å². The minimum absolute atomic E-state index is 0.0849. The monoisotopic (exact) mass is 385 g/mol. The van der Waals surface area contributed by atoms with Gasteiger partial charge in [-0.25, -0.2) is 0 Å². The number of Topliss-reactive ketones (excluding diaryl/α,β-unsaturated/α-hetero) is 1. The van der Waals surface area contributed by atoms with Gasteiger partial charge in [-0.15, -0.1) is 0 Å². The number of hydrogen-bond acceptors (Lipinski definition) is 4. The average Bonchev–Trinajstić information content (AvgIpc) is 2.49. The van der Waals surface area contributed by atoms with E-state index in [-0.39, 0.29) is 11.6 Å². The minimum Gasteiger partial charge on any atom is -0.400 e. The zero-order chi connectivity index (χ0) is 18.2. The van der Waals surface area contributed by atoms with E-state index in [2.05, 4.69) is 66.7 Å². The number of halogens is 1. The second-order valence-corrected chi connectivity index (χ2v) is 7.35. The van der Waals surface area contributed by atoms with Crippen molar-refractivity contribution in [1.82, 2.24) is 4.90 Å². The van der Waals surface area contributed by atoms with Gasteiger partial charge >= 0.3 is 0 Å². The van der Waals surface area contributed by atoms with Crippen LogP contribution in [0.25, 0.3) is 0 Å². The molecule has 0 spiro atoms. The van der Waals surface area contributed by atoms with Crippen molar-refractivity contribution in [2.45, 2.75) is 52.1 Å². The number of aliphatic hydroxyl groups is 1. The van der Waals surface area contributed by atoms with Crippen LogP contribution < -0.4 is 0 Å². The van der Waals surface area contributed by atoms with Gasteiger partial charge in [0.1, 0.15) is 12.6 Å². The molecule has 1 aromatic carbocycles. The third-order valence-corrected chi connectivity index (χ3v) is 4.20.